The van der Waals surface area contributed by atoms with Crippen LogP contribution in [0.25, 0.3) is 21.2 Å². The van der Waals surface area contributed by atoms with E-state index in [1.807, 2.05) is 68.4 Å². The van der Waals surface area contributed by atoms with Gasteiger partial charge in [0.1, 0.15) is 5.75 Å². The number of hydrogen-bond acceptors (Lipinski definition) is 3. The first-order chi connectivity index (χ1) is 14.2. The van der Waals surface area contributed by atoms with Gasteiger partial charge in [0.05, 0.1) is 17.5 Å². The van der Waals surface area contributed by atoms with Gasteiger partial charge in [0.15, 0.2) is 0 Å². The van der Waals surface area contributed by atoms with Crippen LogP contribution in [0.5, 0.6) is 5.75 Å². The zero-order valence-corrected chi connectivity index (χ0v) is 17.3. The maximum absolute atomic E-state index is 12.8. The molecule has 1 amide bonds. The first kappa shape index (κ1) is 19.2. The summed E-state index contributed by atoms with van der Waals surface area (Å²) in [5.41, 5.74) is 2.21. The second-order valence-electron chi connectivity index (χ2n) is 6.88. The molecule has 0 radical (unpaired) electrons. The zero-order valence-electron chi connectivity index (χ0n) is 16.5. The number of rotatable bonds is 6. The molecule has 0 spiro atoms. The molecule has 0 saturated heterocycles. The van der Waals surface area contributed by atoms with Crippen molar-refractivity contribution in [2.24, 2.45) is 0 Å². The molecule has 4 heteroatoms. The lowest BCUT2D eigenvalue weighted by atomic mass is 10.00. The van der Waals surface area contributed by atoms with Crippen molar-refractivity contribution < 1.29 is 9.53 Å². The van der Waals surface area contributed by atoms with Crippen molar-refractivity contribution in [3.05, 3.63) is 89.3 Å². The Morgan fingerprint density at radius 1 is 0.966 bits per heavy atom. The molecule has 1 heterocycles. The Bertz CT molecular complexity index is 1130. The highest BCUT2D eigenvalue weighted by Gasteiger charge is 2.15. The Morgan fingerprint density at radius 2 is 1.72 bits per heavy atom. The number of carbonyl (C=O) groups is 1. The summed E-state index contributed by atoms with van der Waals surface area (Å²) in [6, 6.07) is 26.2. The molecule has 4 rings (SSSR count). The van der Waals surface area contributed by atoms with Gasteiger partial charge in [0.2, 0.25) is 0 Å². The number of benzene rings is 3. The van der Waals surface area contributed by atoms with E-state index in [4.69, 9.17) is 4.74 Å². The number of fused-ring (bicyclic) bond motifs is 1. The molecular formula is C25H23NO2S. The molecule has 3 aromatic carbocycles. The highest BCUT2D eigenvalue weighted by atomic mass is 32.1. The first-order valence-electron chi connectivity index (χ1n) is 9.77. The summed E-state index contributed by atoms with van der Waals surface area (Å²) in [7, 11) is 0. The number of thiophene rings is 1. The van der Waals surface area contributed by atoms with Gasteiger partial charge < -0.3 is 10.1 Å². The minimum atomic E-state index is -0.0790. The fourth-order valence-electron chi connectivity index (χ4n) is 3.47. The quantitative estimate of drug-likeness (QED) is 0.403. The van der Waals surface area contributed by atoms with Gasteiger partial charge >= 0.3 is 0 Å². The van der Waals surface area contributed by atoms with E-state index in [2.05, 4.69) is 29.6 Å². The van der Waals surface area contributed by atoms with E-state index < -0.39 is 0 Å². The minimum Gasteiger partial charge on any atom is -0.494 e. The summed E-state index contributed by atoms with van der Waals surface area (Å²) in [5, 5.41) is 5.50. The first-order valence-corrected chi connectivity index (χ1v) is 10.6. The fraction of sp³-hybridized carbons (Fsp3) is 0.160. The topological polar surface area (TPSA) is 38.3 Å². The number of carbonyl (C=O) groups excluding carboxylic acids is 1. The van der Waals surface area contributed by atoms with Crippen LogP contribution in [-0.4, -0.2) is 12.5 Å². The summed E-state index contributed by atoms with van der Waals surface area (Å²) < 4.78 is 5.50. The zero-order chi connectivity index (χ0) is 20.2. The monoisotopic (exact) mass is 401 g/mol. The maximum Gasteiger partial charge on any atom is 0.261 e. The molecule has 0 saturated carbocycles. The summed E-state index contributed by atoms with van der Waals surface area (Å²) in [4.78, 5) is 14.6. The minimum absolute atomic E-state index is 0.0485. The molecule has 0 aliphatic rings. The van der Waals surface area contributed by atoms with Crippen LogP contribution in [0.15, 0.2) is 78.9 Å². The van der Waals surface area contributed by atoms with Gasteiger partial charge in [0, 0.05) is 4.88 Å². The molecule has 29 heavy (non-hydrogen) atoms. The normalized spacial score (nSPS) is 11.9. The largest absolute Gasteiger partial charge is 0.494 e. The van der Waals surface area contributed by atoms with Crippen LogP contribution in [0.4, 0.5) is 0 Å². The molecule has 0 fully saturated rings. The number of amides is 1. The third-order valence-electron chi connectivity index (χ3n) is 4.92. The van der Waals surface area contributed by atoms with Gasteiger partial charge in [-0.3, -0.25) is 4.79 Å². The summed E-state index contributed by atoms with van der Waals surface area (Å²) in [6.45, 7) is 4.65. The maximum atomic E-state index is 12.8. The SMILES string of the molecule is CCOc1ccc(-c2ccc(C(=O)NC(C)c3cccc4ccccc34)s2)cc1. The Labute approximate surface area is 175 Å². The highest BCUT2D eigenvalue weighted by Crippen LogP contribution is 2.30. The lowest BCUT2D eigenvalue weighted by Crippen LogP contribution is -2.26. The van der Waals surface area contributed by atoms with E-state index in [-0.39, 0.29) is 11.9 Å². The highest BCUT2D eigenvalue weighted by molar-refractivity contribution is 7.17. The second-order valence-corrected chi connectivity index (χ2v) is 7.97. The van der Waals surface area contributed by atoms with Crippen LogP contribution in [0, 0.1) is 0 Å². The van der Waals surface area contributed by atoms with Crippen molar-refractivity contribution in [3.8, 4) is 16.2 Å². The average Bonchev–Trinajstić information content (AvgIpc) is 3.24. The average molecular weight is 402 g/mol. The van der Waals surface area contributed by atoms with Crippen LogP contribution >= 0.6 is 11.3 Å². The standard InChI is InChI=1S/C25H23NO2S/c1-3-28-20-13-11-19(12-14-20)23-15-16-24(29-23)25(27)26-17(2)21-10-6-8-18-7-4-5-9-22(18)21/h4-17H,3H2,1-2H3,(H,26,27). The Hall–Kier alpha value is -3.11. The second kappa shape index (κ2) is 8.50. The Morgan fingerprint density at radius 3 is 2.52 bits per heavy atom. The number of hydrogen-bond donors (Lipinski definition) is 1. The van der Waals surface area contributed by atoms with E-state index in [0.717, 1.165) is 21.8 Å². The molecule has 4 aromatic rings. The third kappa shape index (κ3) is 4.17. The fourth-order valence-corrected chi connectivity index (χ4v) is 4.39. The summed E-state index contributed by atoms with van der Waals surface area (Å²) >= 11 is 1.50. The van der Waals surface area contributed by atoms with E-state index in [9.17, 15) is 4.79 Å². The number of ether oxygens (including phenoxy) is 1. The molecule has 0 bridgehead atoms. The predicted molar refractivity (Wildman–Crippen MR) is 121 cm³/mol. The van der Waals surface area contributed by atoms with Gasteiger partial charge in [-0.25, -0.2) is 0 Å². The van der Waals surface area contributed by atoms with Crippen molar-refractivity contribution in [2.45, 2.75) is 19.9 Å². The van der Waals surface area contributed by atoms with Crippen molar-refractivity contribution in [2.75, 3.05) is 6.61 Å². The molecule has 1 unspecified atom stereocenters. The van der Waals surface area contributed by atoms with Crippen molar-refractivity contribution in [1.82, 2.24) is 5.32 Å². The van der Waals surface area contributed by atoms with Crippen molar-refractivity contribution in [3.63, 3.8) is 0 Å². The molecule has 3 nitrogen and oxygen atoms in total. The lowest BCUT2D eigenvalue weighted by Gasteiger charge is -2.16. The Kier molecular flexibility index (Phi) is 5.63. The van der Waals surface area contributed by atoms with Gasteiger partial charge in [-0.2, -0.15) is 0 Å². The Balaban J connectivity index is 1.50. The van der Waals surface area contributed by atoms with E-state index >= 15 is 0 Å². The summed E-state index contributed by atoms with van der Waals surface area (Å²) in [5.74, 6) is 0.808. The van der Waals surface area contributed by atoms with Crippen LogP contribution in [0.2, 0.25) is 0 Å². The van der Waals surface area contributed by atoms with Gasteiger partial charge in [-0.15, -0.1) is 11.3 Å². The van der Waals surface area contributed by atoms with Crippen LogP contribution in [0.3, 0.4) is 0 Å². The molecule has 146 valence electrons. The molecule has 0 aliphatic carbocycles. The van der Waals surface area contributed by atoms with Gasteiger partial charge in [-0.1, -0.05) is 42.5 Å². The van der Waals surface area contributed by atoms with E-state index in [1.165, 1.54) is 22.1 Å². The smallest absolute Gasteiger partial charge is 0.261 e. The van der Waals surface area contributed by atoms with Gasteiger partial charge in [0.25, 0.3) is 5.91 Å². The van der Waals surface area contributed by atoms with Crippen LogP contribution in [-0.2, 0) is 0 Å². The van der Waals surface area contributed by atoms with Crippen molar-refractivity contribution in [1.29, 1.82) is 0 Å². The van der Waals surface area contributed by atoms with Gasteiger partial charge in [-0.05, 0) is 72.1 Å². The molecule has 1 aromatic heterocycles. The van der Waals surface area contributed by atoms with E-state index in [0.29, 0.717) is 11.5 Å². The van der Waals surface area contributed by atoms with Crippen molar-refractivity contribution >= 4 is 28.0 Å². The molecule has 1 atom stereocenters. The molecular weight excluding hydrogens is 378 g/mol. The predicted octanol–water partition coefficient (Wildman–Crippen LogP) is 6.46. The third-order valence-corrected chi connectivity index (χ3v) is 6.05. The lowest BCUT2D eigenvalue weighted by molar-refractivity contribution is 0.0944. The van der Waals surface area contributed by atoms with E-state index in [1.54, 1.807) is 0 Å². The number of nitrogens with one attached hydrogen (secondary N) is 1. The van der Waals surface area contributed by atoms with Crippen LogP contribution in [0.1, 0.15) is 35.1 Å². The summed E-state index contributed by atoms with van der Waals surface area (Å²) in [6.07, 6.45) is 0. The molecule has 0 aliphatic heterocycles. The van der Waals surface area contributed by atoms with Crippen LogP contribution < -0.4 is 10.1 Å². The molecule has 1 N–H and O–H groups in total.